The summed E-state index contributed by atoms with van der Waals surface area (Å²) in [5.41, 5.74) is 14.5. The van der Waals surface area contributed by atoms with Crippen molar-refractivity contribution in [3.05, 3.63) is 212 Å². The number of hydrogen-bond donors (Lipinski definition) is 0. The maximum atomic E-state index is 6.57. The third-order valence-corrected chi connectivity index (χ3v) is 10.4. The van der Waals surface area contributed by atoms with Crippen LogP contribution >= 0.6 is 0 Å². The van der Waals surface area contributed by atoms with Gasteiger partial charge in [0.2, 0.25) is 0 Å². The molecule has 2 heteroatoms. The fourth-order valence-corrected chi connectivity index (χ4v) is 7.82. The summed E-state index contributed by atoms with van der Waals surface area (Å²) in [4.78, 5) is 2.36. The van der Waals surface area contributed by atoms with Crippen molar-refractivity contribution in [3.63, 3.8) is 0 Å². The summed E-state index contributed by atoms with van der Waals surface area (Å²) in [5.74, 6) is 0. The summed E-state index contributed by atoms with van der Waals surface area (Å²) in [7, 11) is 0. The van der Waals surface area contributed by atoms with Crippen LogP contribution in [0.4, 0.5) is 17.1 Å². The van der Waals surface area contributed by atoms with E-state index < -0.39 is 0 Å². The molecule has 0 radical (unpaired) electrons. The van der Waals surface area contributed by atoms with E-state index in [1.165, 1.54) is 38.8 Å². The molecule has 0 N–H and O–H groups in total. The second kappa shape index (κ2) is 13.4. The van der Waals surface area contributed by atoms with Crippen LogP contribution in [0.2, 0.25) is 0 Å². The fourth-order valence-electron chi connectivity index (χ4n) is 7.82. The predicted octanol–water partition coefficient (Wildman–Crippen LogP) is 14.9. The van der Waals surface area contributed by atoms with Crippen LogP contribution in [0.1, 0.15) is 0 Å². The SMILES string of the molecule is c1ccc(-c2cccc(-c3ccc(N(c4cccc(-c5ccccc5)c4)c4cccc(-c5cccc6oc7c8ccccc8ccc7c56)c4)cc3)c2)cc1. The van der Waals surface area contributed by atoms with Gasteiger partial charge < -0.3 is 9.32 Å². The highest BCUT2D eigenvalue weighted by Gasteiger charge is 2.18. The highest BCUT2D eigenvalue weighted by Crippen LogP contribution is 2.43. The molecule has 10 rings (SSSR count). The van der Waals surface area contributed by atoms with Crippen molar-refractivity contribution in [3.8, 4) is 44.5 Å². The monoisotopic (exact) mass is 689 g/mol. The molecule has 254 valence electrons. The van der Waals surface area contributed by atoms with Crippen molar-refractivity contribution in [2.24, 2.45) is 0 Å². The molecule has 0 aliphatic carbocycles. The van der Waals surface area contributed by atoms with Crippen LogP contribution in [0.3, 0.4) is 0 Å². The van der Waals surface area contributed by atoms with Crippen LogP contribution in [0.25, 0.3) is 77.2 Å². The Morgan fingerprint density at radius 3 is 1.56 bits per heavy atom. The van der Waals surface area contributed by atoms with Gasteiger partial charge in [0, 0.05) is 33.2 Å². The lowest BCUT2D eigenvalue weighted by Crippen LogP contribution is -2.10. The van der Waals surface area contributed by atoms with Crippen molar-refractivity contribution in [2.45, 2.75) is 0 Å². The third kappa shape index (κ3) is 5.71. The Labute approximate surface area is 314 Å². The molecule has 0 saturated heterocycles. The smallest absolute Gasteiger partial charge is 0.143 e. The van der Waals surface area contributed by atoms with Gasteiger partial charge in [-0.1, -0.05) is 158 Å². The lowest BCUT2D eigenvalue weighted by atomic mass is 9.97. The Balaban J connectivity index is 1.10. The van der Waals surface area contributed by atoms with Gasteiger partial charge in [0.1, 0.15) is 11.2 Å². The molecule has 0 unspecified atom stereocenters. The Bertz CT molecular complexity index is 2920. The number of anilines is 3. The van der Waals surface area contributed by atoms with Crippen molar-refractivity contribution in [2.75, 3.05) is 4.90 Å². The molecule has 1 aromatic heterocycles. The van der Waals surface area contributed by atoms with E-state index >= 15 is 0 Å². The standard InChI is InChI=1S/C52H35NO/c1-3-13-36(14-4-1)40-18-9-19-41(33-40)38-27-30-44(31-28-38)53(45-22-10-20-42(34-45)37-15-5-2-6-16-37)46-23-11-21-43(35-46)47-25-12-26-50-51(47)49-32-29-39-17-7-8-24-48(39)52(49)54-50/h1-35H. The van der Waals surface area contributed by atoms with E-state index in [0.717, 1.165) is 55.5 Å². The highest BCUT2D eigenvalue weighted by atomic mass is 16.3. The minimum atomic E-state index is 0.892. The lowest BCUT2D eigenvalue weighted by molar-refractivity contribution is 0.673. The zero-order chi connectivity index (χ0) is 35.8. The van der Waals surface area contributed by atoms with Crippen LogP contribution in [0, 0.1) is 0 Å². The van der Waals surface area contributed by atoms with Gasteiger partial charge in [-0.2, -0.15) is 0 Å². The van der Waals surface area contributed by atoms with E-state index in [1.54, 1.807) is 0 Å². The Morgan fingerprint density at radius 1 is 0.315 bits per heavy atom. The van der Waals surface area contributed by atoms with Gasteiger partial charge in [0.25, 0.3) is 0 Å². The summed E-state index contributed by atoms with van der Waals surface area (Å²) >= 11 is 0. The van der Waals surface area contributed by atoms with Gasteiger partial charge in [-0.25, -0.2) is 0 Å². The average Bonchev–Trinajstić information content (AvgIpc) is 3.65. The topological polar surface area (TPSA) is 16.4 Å². The molecule has 0 aliphatic heterocycles. The predicted molar refractivity (Wildman–Crippen MR) is 228 cm³/mol. The summed E-state index contributed by atoms with van der Waals surface area (Å²) in [6.45, 7) is 0. The van der Waals surface area contributed by atoms with E-state index in [9.17, 15) is 0 Å². The zero-order valence-corrected chi connectivity index (χ0v) is 29.6. The summed E-state index contributed by atoms with van der Waals surface area (Å²) in [6.07, 6.45) is 0. The highest BCUT2D eigenvalue weighted by molar-refractivity contribution is 6.19. The summed E-state index contributed by atoms with van der Waals surface area (Å²) in [5, 5.41) is 4.57. The van der Waals surface area contributed by atoms with Gasteiger partial charge >= 0.3 is 0 Å². The molecule has 10 aromatic rings. The van der Waals surface area contributed by atoms with E-state index in [-0.39, 0.29) is 0 Å². The molecule has 0 spiro atoms. The molecule has 9 aromatic carbocycles. The van der Waals surface area contributed by atoms with Crippen molar-refractivity contribution in [1.29, 1.82) is 0 Å². The normalized spacial score (nSPS) is 11.3. The summed E-state index contributed by atoms with van der Waals surface area (Å²) in [6, 6.07) is 75.8. The lowest BCUT2D eigenvalue weighted by Gasteiger charge is -2.27. The molecule has 1 heterocycles. The van der Waals surface area contributed by atoms with Crippen LogP contribution in [-0.2, 0) is 0 Å². The number of benzene rings is 9. The third-order valence-electron chi connectivity index (χ3n) is 10.4. The fraction of sp³-hybridized carbons (Fsp3) is 0. The molecular weight excluding hydrogens is 655 g/mol. The Morgan fingerprint density at radius 2 is 0.852 bits per heavy atom. The van der Waals surface area contributed by atoms with Crippen LogP contribution in [-0.4, -0.2) is 0 Å². The first kappa shape index (κ1) is 31.6. The van der Waals surface area contributed by atoms with Gasteiger partial charge in [0.05, 0.1) is 0 Å². The Kier molecular flexibility index (Phi) is 7.85. The molecule has 2 nitrogen and oxygen atoms in total. The Hall–Kier alpha value is -7.16. The van der Waals surface area contributed by atoms with Crippen LogP contribution in [0.15, 0.2) is 217 Å². The first-order valence-electron chi connectivity index (χ1n) is 18.4. The number of fused-ring (bicyclic) bond motifs is 5. The molecule has 0 saturated carbocycles. The van der Waals surface area contributed by atoms with E-state index in [0.29, 0.717) is 0 Å². The van der Waals surface area contributed by atoms with Crippen molar-refractivity contribution >= 4 is 49.8 Å². The van der Waals surface area contributed by atoms with Gasteiger partial charge in [-0.15, -0.1) is 0 Å². The van der Waals surface area contributed by atoms with Gasteiger partial charge in [-0.3, -0.25) is 0 Å². The largest absolute Gasteiger partial charge is 0.455 e. The zero-order valence-electron chi connectivity index (χ0n) is 29.6. The van der Waals surface area contributed by atoms with Crippen molar-refractivity contribution in [1.82, 2.24) is 0 Å². The number of nitrogens with zero attached hydrogens (tertiary/aromatic N) is 1. The van der Waals surface area contributed by atoms with E-state index in [4.69, 9.17) is 4.42 Å². The number of rotatable bonds is 7. The number of furan rings is 1. The van der Waals surface area contributed by atoms with Crippen LogP contribution < -0.4 is 4.90 Å². The molecule has 0 atom stereocenters. The van der Waals surface area contributed by atoms with E-state index in [1.807, 2.05) is 0 Å². The molecule has 0 amide bonds. The van der Waals surface area contributed by atoms with Gasteiger partial charge in [0.15, 0.2) is 0 Å². The first-order valence-corrected chi connectivity index (χ1v) is 18.4. The second-order valence-electron chi connectivity index (χ2n) is 13.7. The van der Waals surface area contributed by atoms with Gasteiger partial charge in [-0.05, 0) is 104 Å². The molecule has 0 fully saturated rings. The quantitative estimate of drug-likeness (QED) is 0.166. The maximum Gasteiger partial charge on any atom is 0.143 e. The average molecular weight is 690 g/mol. The summed E-state index contributed by atoms with van der Waals surface area (Å²) < 4.78 is 6.57. The first-order chi connectivity index (χ1) is 26.8. The minimum absolute atomic E-state index is 0.892. The van der Waals surface area contributed by atoms with Crippen LogP contribution in [0.5, 0.6) is 0 Å². The molecular formula is C52H35NO. The molecule has 0 bridgehead atoms. The maximum absolute atomic E-state index is 6.57. The molecule has 0 aliphatic rings. The second-order valence-corrected chi connectivity index (χ2v) is 13.7. The van der Waals surface area contributed by atoms with E-state index in [2.05, 4.69) is 217 Å². The van der Waals surface area contributed by atoms with Crippen molar-refractivity contribution < 1.29 is 4.42 Å². The molecule has 54 heavy (non-hydrogen) atoms. The minimum Gasteiger partial charge on any atom is -0.455 e. The number of hydrogen-bond acceptors (Lipinski definition) is 2.